The van der Waals surface area contributed by atoms with Gasteiger partial charge in [0.2, 0.25) is 17.7 Å². The molecule has 2 saturated heterocycles. The highest BCUT2D eigenvalue weighted by Gasteiger charge is 2.57. The summed E-state index contributed by atoms with van der Waals surface area (Å²) >= 11 is 0. The average molecular weight is 415 g/mol. The first kappa shape index (κ1) is 20.8. The first-order valence-corrected chi connectivity index (χ1v) is 10.8. The van der Waals surface area contributed by atoms with Gasteiger partial charge in [-0.15, -0.1) is 0 Å². The molecule has 1 aliphatic carbocycles. The van der Waals surface area contributed by atoms with Crippen molar-refractivity contribution < 1.29 is 23.9 Å². The summed E-state index contributed by atoms with van der Waals surface area (Å²) in [5, 5.41) is 0. The van der Waals surface area contributed by atoms with Gasteiger partial charge in [-0.3, -0.25) is 19.3 Å². The molecule has 1 aromatic carbocycles. The molecule has 30 heavy (non-hydrogen) atoms. The second-order valence-electron chi connectivity index (χ2n) is 8.66. The minimum absolute atomic E-state index is 0.00329. The molecule has 0 N–H and O–H groups in total. The van der Waals surface area contributed by atoms with E-state index >= 15 is 0 Å². The predicted molar refractivity (Wildman–Crippen MR) is 110 cm³/mol. The number of carbonyl (C=O) groups excluding carboxylic acids is 3. The third-order valence-electron chi connectivity index (χ3n) is 6.66. The highest BCUT2D eigenvalue weighted by Crippen LogP contribution is 2.45. The molecule has 3 aliphatic rings. The molecule has 1 aromatic rings. The minimum atomic E-state index is -1.14. The van der Waals surface area contributed by atoms with Crippen molar-refractivity contribution in [2.24, 2.45) is 0 Å². The number of amides is 3. The van der Waals surface area contributed by atoms with Crippen LogP contribution >= 0.6 is 0 Å². The van der Waals surface area contributed by atoms with Crippen molar-refractivity contribution in [3.05, 3.63) is 29.8 Å². The number of hydrogen-bond donors (Lipinski definition) is 0. The van der Waals surface area contributed by atoms with Crippen molar-refractivity contribution in [1.82, 2.24) is 9.80 Å². The van der Waals surface area contributed by atoms with E-state index in [-0.39, 0.29) is 42.6 Å². The smallest absolute Gasteiger partial charge is 0.241 e. The molecule has 0 spiro atoms. The summed E-state index contributed by atoms with van der Waals surface area (Å²) in [4.78, 5) is 43.1. The van der Waals surface area contributed by atoms with Crippen molar-refractivity contribution in [2.75, 3.05) is 27.4 Å². The van der Waals surface area contributed by atoms with Crippen molar-refractivity contribution in [3.63, 3.8) is 0 Å². The van der Waals surface area contributed by atoms with Gasteiger partial charge in [-0.2, -0.15) is 0 Å². The second-order valence-corrected chi connectivity index (χ2v) is 8.66. The van der Waals surface area contributed by atoms with Gasteiger partial charge in [-0.05, 0) is 49.8 Å². The standard InChI is InChI=1S/C23H30N2O5/c1-29-15-18-5-3-4-12-24(18)20(26)13-23(16-6-10-19(30-2)11-7-16)14-21(27)25(22(23)28)17-8-9-17/h6-7,10-11,17-18H,3-5,8-9,12-15H2,1-2H3/t18-,23+/m1/s1. The van der Waals surface area contributed by atoms with Crippen LogP contribution in [0.5, 0.6) is 5.75 Å². The van der Waals surface area contributed by atoms with Crippen LogP contribution in [0.25, 0.3) is 0 Å². The van der Waals surface area contributed by atoms with E-state index in [2.05, 4.69) is 0 Å². The molecular formula is C23H30N2O5. The van der Waals surface area contributed by atoms with Gasteiger partial charge in [0.1, 0.15) is 5.75 Å². The van der Waals surface area contributed by atoms with Crippen LogP contribution in [0.15, 0.2) is 24.3 Å². The Hall–Kier alpha value is -2.41. The molecular weight excluding hydrogens is 384 g/mol. The highest BCUT2D eigenvalue weighted by atomic mass is 16.5. The zero-order chi connectivity index (χ0) is 21.3. The summed E-state index contributed by atoms with van der Waals surface area (Å²) in [5.74, 6) is 0.200. The van der Waals surface area contributed by atoms with Gasteiger partial charge in [-0.25, -0.2) is 0 Å². The monoisotopic (exact) mass is 414 g/mol. The molecule has 2 aliphatic heterocycles. The lowest BCUT2D eigenvalue weighted by molar-refractivity contribution is -0.144. The van der Waals surface area contributed by atoms with Crippen molar-refractivity contribution in [1.29, 1.82) is 0 Å². The number of carbonyl (C=O) groups is 3. The first-order valence-electron chi connectivity index (χ1n) is 10.8. The Morgan fingerprint density at radius 3 is 2.47 bits per heavy atom. The van der Waals surface area contributed by atoms with Crippen LogP contribution in [0.3, 0.4) is 0 Å². The number of piperidine rings is 1. The molecule has 1 saturated carbocycles. The highest BCUT2D eigenvalue weighted by molar-refractivity contribution is 6.11. The van der Waals surface area contributed by atoms with E-state index in [1.165, 1.54) is 4.90 Å². The number of hydrogen-bond acceptors (Lipinski definition) is 5. The Bertz CT molecular complexity index is 817. The predicted octanol–water partition coefficient (Wildman–Crippen LogP) is 2.27. The lowest BCUT2D eigenvalue weighted by Crippen LogP contribution is -2.49. The van der Waals surface area contributed by atoms with Crippen LogP contribution in [0.4, 0.5) is 0 Å². The molecule has 162 valence electrons. The molecule has 0 bridgehead atoms. The van der Waals surface area contributed by atoms with Gasteiger partial charge in [0.15, 0.2) is 0 Å². The summed E-state index contributed by atoms with van der Waals surface area (Å²) in [6.45, 7) is 1.16. The summed E-state index contributed by atoms with van der Waals surface area (Å²) < 4.78 is 10.6. The molecule has 3 amide bonds. The molecule has 4 rings (SSSR count). The number of likely N-dealkylation sites (tertiary alicyclic amines) is 2. The maximum atomic E-state index is 13.6. The van der Waals surface area contributed by atoms with E-state index in [0.29, 0.717) is 24.5 Å². The normalized spacial score (nSPS) is 26.9. The lowest BCUT2D eigenvalue weighted by Gasteiger charge is -2.37. The Kier molecular flexibility index (Phi) is 5.82. The topological polar surface area (TPSA) is 76.2 Å². The van der Waals surface area contributed by atoms with Gasteiger partial charge >= 0.3 is 0 Å². The number of ether oxygens (including phenoxy) is 2. The quantitative estimate of drug-likeness (QED) is 0.640. The Labute approximate surface area is 177 Å². The SMILES string of the molecule is COC[C@H]1CCCCN1C(=O)C[C@@]1(c2ccc(OC)cc2)CC(=O)N(C2CC2)C1=O. The average Bonchev–Trinajstić information content (AvgIpc) is 3.55. The van der Waals surface area contributed by atoms with Crippen LogP contribution in [0.2, 0.25) is 0 Å². The largest absolute Gasteiger partial charge is 0.497 e. The van der Waals surface area contributed by atoms with E-state index in [9.17, 15) is 14.4 Å². The van der Waals surface area contributed by atoms with Crippen LogP contribution in [-0.2, 0) is 24.5 Å². The van der Waals surface area contributed by atoms with Gasteiger partial charge in [-0.1, -0.05) is 12.1 Å². The number of benzene rings is 1. The van der Waals surface area contributed by atoms with Crippen molar-refractivity contribution >= 4 is 17.7 Å². The molecule has 2 atom stereocenters. The van der Waals surface area contributed by atoms with Crippen LogP contribution in [0.1, 0.15) is 50.5 Å². The van der Waals surface area contributed by atoms with Crippen LogP contribution in [-0.4, -0.2) is 67.0 Å². The van der Waals surface area contributed by atoms with E-state index < -0.39 is 5.41 Å². The maximum Gasteiger partial charge on any atom is 0.241 e. The zero-order valence-electron chi connectivity index (χ0n) is 17.8. The van der Waals surface area contributed by atoms with Gasteiger partial charge in [0.25, 0.3) is 0 Å². The Morgan fingerprint density at radius 2 is 1.83 bits per heavy atom. The molecule has 0 aromatic heterocycles. The first-order chi connectivity index (χ1) is 14.5. The fraction of sp³-hybridized carbons (Fsp3) is 0.609. The zero-order valence-corrected chi connectivity index (χ0v) is 17.8. The third-order valence-corrected chi connectivity index (χ3v) is 6.66. The molecule has 7 heteroatoms. The van der Waals surface area contributed by atoms with Gasteiger partial charge < -0.3 is 14.4 Å². The number of nitrogens with zero attached hydrogens (tertiary/aromatic N) is 2. The molecule has 3 fully saturated rings. The molecule has 0 radical (unpaired) electrons. The number of imide groups is 1. The minimum Gasteiger partial charge on any atom is -0.497 e. The fourth-order valence-corrected chi connectivity index (χ4v) is 4.89. The second kappa shape index (κ2) is 8.38. The fourth-order valence-electron chi connectivity index (χ4n) is 4.89. The van der Waals surface area contributed by atoms with E-state index in [1.54, 1.807) is 26.4 Å². The molecule has 0 unspecified atom stereocenters. The van der Waals surface area contributed by atoms with Crippen LogP contribution < -0.4 is 4.74 Å². The summed E-state index contributed by atoms with van der Waals surface area (Å²) in [7, 11) is 3.22. The third kappa shape index (κ3) is 3.71. The Balaban J connectivity index is 1.66. The number of rotatable bonds is 7. The lowest BCUT2D eigenvalue weighted by atomic mass is 9.75. The van der Waals surface area contributed by atoms with E-state index in [1.807, 2.05) is 17.0 Å². The summed E-state index contributed by atoms with van der Waals surface area (Å²) in [6.07, 6.45) is 4.67. The maximum absolute atomic E-state index is 13.6. The summed E-state index contributed by atoms with van der Waals surface area (Å²) in [6, 6.07) is 7.22. The van der Waals surface area contributed by atoms with Crippen molar-refractivity contribution in [2.45, 2.75) is 62.4 Å². The van der Waals surface area contributed by atoms with E-state index in [0.717, 1.165) is 32.1 Å². The summed E-state index contributed by atoms with van der Waals surface area (Å²) in [5.41, 5.74) is -0.434. The number of methoxy groups -OCH3 is 2. The van der Waals surface area contributed by atoms with Crippen molar-refractivity contribution in [3.8, 4) is 5.75 Å². The van der Waals surface area contributed by atoms with Crippen LogP contribution in [0, 0.1) is 0 Å². The van der Waals surface area contributed by atoms with E-state index in [4.69, 9.17) is 9.47 Å². The van der Waals surface area contributed by atoms with Gasteiger partial charge in [0.05, 0.1) is 25.2 Å². The molecule has 2 heterocycles. The van der Waals surface area contributed by atoms with Gasteiger partial charge in [0, 0.05) is 32.5 Å². The molecule has 7 nitrogen and oxygen atoms in total. The Morgan fingerprint density at radius 1 is 1.10 bits per heavy atom.